The molecule has 122 valence electrons. The number of carbonyl (C=O) groups is 1. The molecule has 0 spiro atoms. The van der Waals surface area contributed by atoms with Gasteiger partial charge in [0.05, 0.1) is 24.2 Å². The van der Waals surface area contributed by atoms with Crippen molar-refractivity contribution in [3.8, 4) is 11.3 Å². The zero-order valence-electron chi connectivity index (χ0n) is 13.3. The number of rotatable bonds is 6. The standard InChI is InChI=1S/C19H17ClN2OS/c1-14(23)13-24-19-21-11-18(16-7-9-17(20)10-8-16)22(19)12-15-5-3-2-4-6-15/h2-11H,12-13H2,1H3. The van der Waals surface area contributed by atoms with Gasteiger partial charge in [-0.15, -0.1) is 0 Å². The zero-order valence-corrected chi connectivity index (χ0v) is 14.8. The summed E-state index contributed by atoms with van der Waals surface area (Å²) in [5.74, 6) is 0.564. The van der Waals surface area contributed by atoms with Gasteiger partial charge >= 0.3 is 0 Å². The molecule has 0 atom stereocenters. The molecule has 2 aromatic carbocycles. The average Bonchev–Trinajstić information content (AvgIpc) is 2.97. The van der Waals surface area contributed by atoms with Crippen LogP contribution in [0.4, 0.5) is 0 Å². The van der Waals surface area contributed by atoms with E-state index >= 15 is 0 Å². The van der Waals surface area contributed by atoms with Gasteiger partial charge in [-0.05, 0) is 30.2 Å². The Kier molecular flexibility index (Phi) is 5.38. The van der Waals surface area contributed by atoms with Gasteiger partial charge in [0.1, 0.15) is 5.78 Å². The van der Waals surface area contributed by atoms with Crippen LogP contribution in [0.3, 0.4) is 0 Å². The summed E-state index contributed by atoms with van der Waals surface area (Å²) in [5.41, 5.74) is 3.26. The first-order valence-corrected chi connectivity index (χ1v) is 8.97. The van der Waals surface area contributed by atoms with E-state index in [1.165, 1.54) is 17.3 Å². The molecule has 5 heteroatoms. The van der Waals surface area contributed by atoms with Crippen molar-refractivity contribution in [3.05, 3.63) is 71.4 Å². The molecule has 1 aromatic heterocycles. The van der Waals surface area contributed by atoms with Crippen molar-refractivity contribution in [2.24, 2.45) is 0 Å². The van der Waals surface area contributed by atoms with Gasteiger partial charge in [0.15, 0.2) is 5.16 Å². The molecule has 0 aliphatic rings. The Morgan fingerprint density at radius 2 is 1.83 bits per heavy atom. The molecule has 0 unspecified atom stereocenters. The fraction of sp³-hybridized carbons (Fsp3) is 0.158. The van der Waals surface area contributed by atoms with Gasteiger partial charge in [-0.3, -0.25) is 4.79 Å². The fourth-order valence-electron chi connectivity index (χ4n) is 2.41. The first-order valence-electron chi connectivity index (χ1n) is 7.61. The second kappa shape index (κ2) is 7.69. The summed E-state index contributed by atoms with van der Waals surface area (Å²) in [6, 6.07) is 17.9. The zero-order chi connectivity index (χ0) is 16.9. The van der Waals surface area contributed by atoms with Gasteiger partial charge in [-0.25, -0.2) is 4.98 Å². The Morgan fingerprint density at radius 1 is 1.12 bits per heavy atom. The molecule has 24 heavy (non-hydrogen) atoms. The van der Waals surface area contributed by atoms with Crippen LogP contribution in [0.1, 0.15) is 12.5 Å². The molecular formula is C19H17ClN2OS. The van der Waals surface area contributed by atoms with E-state index in [-0.39, 0.29) is 5.78 Å². The number of imidazole rings is 1. The van der Waals surface area contributed by atoms with Gasteiger partial charge in [-0.1, -0.05) is 65.8 Å². The van der Waals surface area contributed by atoms with Crippen LogP contribution in [0, 0.1) is 0 Å². The molecule has 0 radical (unpaired) electrons. The predicted molar refractivity (Wildman–Crippen MR) is 99.6 cm³/mol. The molecule has 3 rings (SSSR count). The molecule has 1 heterocycles. The number of nitrogens with zero attached hydrogens (tertiary/aromatic N) is 2. The minimum absolute atomic E-state index is 0.141. The monoisotopic (exact) mass is 356 g/mol. The van der Waals surface area contributed by atoms with E-state index in [0.29, 0.717) is 17.3 Å². The topological polar surface area (TPSA) is 34.9 Å². The Bertz CT molecular complexity index is 828. The number of hydrogen-bond acceptors (Lipinski definition) is 3. The number of ketones is 1. The number of benzene rings is 2. The molecule has 3 nitrogen and oxygen atoms in total. The number of halogens is 1. The summed E-state index contributed by atoms with van der Waals surface area (Å²) >= 11 is 7.46. The van der Waals surface area contributed by atoms with Crippen molar-refractivity contribution < 1.29 is 4.79 Å². The second-order valence-electron chi connectivity index (χ2n) is 5.50. The molecule has 0 bridgehead atoms. The Balaban J connectivity index is 1.98. The van der Waals surface area contributed by atoms with Gasteiger partial charge < -0.3 is 4.57 Å². The minimum atomic E-state index is 0.141. The van der Waals surface area contributed by atoms with E-state index in [4.69, 9.17) is 11.6 Å². The van der Waals surface area contributed by atoms with Crippen molar-refractivity contribution >= 4 is 29.1 Å². The van der Waals surface area contributed by atoms with E-state index < -0.39 is 0 Å². The summed E-state index contributed by atoms with van der Waals surface area (Å²) < 4.78 is 2.15. The molecule has 0 N–H and O–H groups in total. The Hall–Kier alpha value is -2.04. The number of hydrogen-bond donors (Lipinski definition) is 0. The molecule has 3 aromatic rings. The lowest BCUT2D eigenvalue weighted by Crippen LogP contribution is -2.05. The molecule has 0 amide bonds. The highest BCUT2D eigenvalue weighted by Gasteiger charge is 2.13. The summed E-state index contributed by atoms with van der Waals surface area (Å²) in [5, 5.41) is 1.55. The normalized spacial score (nSPS) is 10.8. The highest BCUT2D eigenvalue weighted by Crippen LogP contribution is 2.28. The van der Waals surface area contributed by atoms with Crippen molar-refractivity contribution in [2.45, 2.75) is 18.6 Å². The van der Waals surface area contributed by atoms with Crippen LogP contribution < -0.4 is 0 Å². The maximum absolute atomic E-state index is 11.3. The molecule has 0 fully saturated rings. The average molecular weight is 357 g/mol. The van der Waals surface area contributed by atoms with E-state index in [9.17, 15) is 4.79 Å². The quantitative estimate of drug-likeness (QED) is 0.587. The lowest BCUT2D eigenvalue weighted by Gasteiger charge is -2.12. The maximum atomic E-state index is 11.3. The van der Waals surface area contributed by atoms with E-state index in [0.717, 1.165) is 16.4 Å². The molecular weight excluding hydrogens is 340 g/mol. The smallest absolute Gasteiger partial charge is 0.169 e. The first-order chi connectivity index (χ1) is 11.6. The third-order valence-corrected chi connectivity index (χ3v) is 4.93. The third-order valence-electron chi connectivity index (χ3n) is 3.55. The van der Waals surface area contributed by atoms with Crippen LogP contribution in [0.5, 0.6) is 0 Å². The van der Waals surface area contributed by atoms with E-state index in [1.807, 2.05) is 48.7 Å². The van der Waals surface area contributed by atoms with Crippen molar-refractivity contribution in [3.63, 3.8) is 0 Å². The number of Topliss-reactive ketones (excluding diaryl/α,β-unsaturated/α-hetero) is 1. The highest BCUT2D eigenvalue weighted by molar-refractivity contribution is 7.99. The number of aromatic nitrogens is 2. The Labute approximate surface area is 150 Å². The molecule has 0 saturated carbocycles. The fourth-order valence-corrected chi connectivity index (χ4v) is 3.31. The highest BCUT2D eigenvalue weighted by atomic mass is 35.5. The van der Waals surface area contributed by atoms with Crippen LogP contribution in [0.25, 0.3) is 11.3 Å². The van der Waals surface area contributed by atoms with Crippen molar-refractivity contribution in [1.29, 1.82) is 0 Å². The summed E-state index contributed by atoms with van der Waals surface area (Å²) in [6.07, 6.45) is 1.86. The van der Waals surface area contributed by atoms with Gasteiger partial charge in [0.2, 0.25) is 0 Å². The van der Waals surface area contributed by atoms with Gasteiger partial charge in [0, 0.05) is 5.02 Å². The molecule has 0 saturated heterocycles. The predicted octanol–water partition coefficient (Wildman–Crippen LogP) is 4.93. The first kappa shape index (κ1) is 16.8. The largest absolute Gasteiger partial charge is 0.314 e. The summed E-state index contributed by atoms with van der Waals surface area (Å²) in [7, 11) is 0. The lowest BCUT2D eigenvalue weighted by atomic mass is 10.1. The Morgan fingerprint density at radius 3 is 2.50 bits per heavy atom. The van der Waals surface area contributed by atoms with E-state index in [1.54, 1.807) is 6.92 Å². The van der Waals surface area contributed by atoms with E-state index in [2.05, 4.69) is 21.7 Å². The van der Waals surface area contributed by atoms with Crippen LogP contribution in [0.2, 0.25) is 5.02 Å². The number of thioether (sulfide) groups is 1. The van der Waals surface area contributed by atoms with Crippen LogP contribution in [0.15, 0.2) is 66.0 Å². The third kappa shape index (κ3) is 4.08. The van der Waals surface area contributed by atoms with Crippen molar-refractivity contribution in [1.82, 2.24) is 9.55 Å². The lowest BCUT2D eigenvalue weighted by molar-refractivity contribution is -0.114. The minimum Gasteiger partial charge on any atom is -0.314 e. The van der Waals surface area contributed by atoms with Gasteiger partial charge in [-0.2, -0.15) is 0 Å². The summed E-state index contributed by atoms with van der Waals surface area (Å²) in [6.45, 7) is 2.30. The van der Waals surface area contributed by atoms with Crippen LogP contribution >= 0.6 is 23.4 Å². The van der Waals surface area contributed by atoms with Crippen LogP contribution in [-0.4, -0.2) is 21.1 Å². The second-order valence-corrected chi connectivity index (χ2v) is 6.87. The molecule has 0 aliphatic carbocycles. The van der Waals surface area contributed by atoms with Gasteiger partial charge in [0.25, 0.3) is 0 Å². The van der Waals surface area contributed by atoms with Crippen molar-refractivity contribution in [2.75, 3.05) is 5.75 Å². The van der Waals surface area contributed by atoms with Crippen LogP contribution in [-0.2, 0) is 11.3 Å². The SMILES string of the molecule is CC(=O)CSc1ncc(-c2ccc(Cl)cc2)n1Cc1ccccc1. The number of carbonyl (C=O) groups excluding carboxylic acids is 1. The summed E-state index contributed by atoms with van der Waals surface area (Å²) in [4.78, 5) is 15.9. The maximum Gasteiger partial charge on any atom is 0.169 e. The molecule has 0 aliphatic heterocycles.